The van der Waals surface area contributed by atoms with E-state index in [4.69, 9.17) is 0 Å². The Morgan fingerprint density at radius 1 is 1.00 bits per heavy atom. The minimum Gasteiger partial charge on any atom is -0.348 e. The highest BCUT2D eigenvalue weighted by atomic mass is 16.2. The molecule has 0 saturated carbocycles. The average Bonchev–Trinajstić information content (AvgIpc) is 2.59. The molecule has 2 aromatic carbocycles. The van der Waals surface area contributed by atoms with Crippen molar-refractivity contribution in [2.75, 3.05) is 18.4 Å². The van der Waals surface area contributed by atoms with Gasteiger partial charge in [-0.25, -0.2) is 0 Å². The highest BCUT2D eigenvalue weighted by Gasteiger charge is 2.07. The molecule has 23 heavy (non-hydrogen) atoms. The van der Waals surface area contributed by atoms with Crippen molar-refractivity contribution in [3.8, 4) is 0 Å². The fraction of sp³-hybridized carbons (Fsp3) is 0.222. The molecule has 0 aromatic heterocycles. The number of hydrogen-bond acceptors (Lipinski definition) is 3. The summed E-state index contributed by atoms with van der Waals surface area (Å²) in [5.41, 5.74) is 2.17. The van der Waals surface area contributed by atoms with Crippen molar-refractivity contribution >= 4 is 17.5 Å². The number of hydrogen-bond donors (Lipinski definition) is 3. The molecule has 5 nitrogen and oxygen atoms in total. The van der Waals surface area contributed by atoms with Crippen LogP contribution in [-0.4, -0.2) is 24.9 Å². The summed E-state index contributed by atoms with van der Waals surface area (Å²) < 4.78 is 0. The summed E-state index contributed by atoms with van der Waals surface area (Å²) in [5.74, 6) is -0.301. The Morgan fingerprint density at radius 3 is 2.52 bits per heavy atom. The van der Waals surface area contributed by atoms with Gasteiger partial charge >= 0.3 is 0 Å². The predicted octanol–water partition coefficient (Wildman–Crippen LogP) is 2.16. The van der Waals surface area contributed by atoms with Crippen LogP contribution in [0, 0.1) is 0 Å². The van der Waals surface area contributed by atoms with Crippen LogP contribution in [0.5, 0.6) is 0 Å². The summed E-state index contributed by atoms with van der Waals surface area (Å²) in [7, 11) is 0. The topological polar surface area (TPSA) is 70.2 Å². The molecule has 3 N–H and O–H groups in total. The Bertz CT molecular complexity index is 656. The number of likely N-dealkylation sites (N-methyl/N-ethyl adjacent to an activating group) is 1. The van der Waals surface area contributed by atoms with Crippen LogP contribution in [0.15, 0.2) is 54.6 Å². The summed E-state index contributed by atoms with van der Waals surface area (Å²) in [6.07, 6.45) is 0. The lowest BCUT2D eigenvalue weighted by Gasteiger charge is -2.09. The number of nitrogens with one attached hydrogen (secondary N) is 3. The summed E-state index contributed by atoms with van der Waals surface area (Å²) >= 11 is 0. The first-order chi connectivity index (χ1) is 11.2. The molecule has 0 spiro atoms. The summed E-state index contributed by atoms with van der Waals surface area (Å²) in [4.78, 5) is 23.9. The van der Waals surface area contributed by atoms with E-state index in [1.165, 1.54) is 0 Å². The van der Waals surface area contributed by atoms with Gasteiger partial charge in [0.25, 0.3) is 5.91 Å². The maximum Gasteiger partial charge on any atom is 0.251 e. The summed E-state index contributed by atoms with van der Waals surface area (Å²) in [5, 5.41) is 8.58. The Morgan fingerprint density at radius 2 is 1.78 bits per heavy atom. The van der Waals surface area contributed by atoms with E-state index < -0.39 is 0 Å². The van der Waals surface area contributed by atoms with Gasteiger partial charge in [-0.2, -0.15) is 0 Å². The third-order valence-electron chi connectivity index (χ3n) is 3.24. The van der Waals surface area contributed by atoms with E-state index in [0.717, 1.165) is 12.1 Å². The number of benzene rings is 2. The normalized spacial score (nSPS) is 10.1. The van der Waals surface area contributed by atoms with Gasteiger partial charge in [-0.3, -0.25) is 9.59 Å². The maximum atomic E-state index is 12.2. The third kappa shape index (κ3) is 5.56. The third-order valence-corrected chi connectivity index (χ3v) is 3.24. The SMILES string of the molecule is CCNCC(=O)Nc1cccc(C(=O)NCc2ccccc2)c1. The highest BCUT2D eigenvalue weighted by molar-refractivity contribution is 5.97. The quantitative estimate of drug-likeness (QED) is 0.734. The van der Waals surface area contributed by atoms with Crippen molar-refractivity contribution in [3.63, 3.8) is 0 Å². The number of anilines is 1. The Balaban J connectivity index is 1.93. The molecule has 2 aromatic rings. The molecular formula is C18H21N3O2. The largest absolute Gasteiger partial charge is 0.348 e. The molecule has 5 heteroatoms. The van der Waals surface area contributed by atoms with Crippen molar-refractivity contribution in [3.05, 3.63) is 65.7 Å². The molecule has 0 aliphatic rings. The van der Waals surface area contributed by atoms with Crippen LogP contribution < -0.4 is 16.0 Å². The van der Waals surface area contributed by atoms with Crippen LogP contribution in [-0.2, 0) is 11.3 Å². The van der Waals surface area contributed by atoms with E-state index in [2.05, 4.69) is 16.0 Å². The Hall–Kier alpha value is -2.66. The average molecular weight is 311 g/mol. The van der Waals surface area contributed by atoms with Crippen LogP contribution in [0.25, 0.3) is 0 Å². The lowest BCUT2D eigenvalue weighted by atomic mass is 10.1. The van der Waals surface area contributed by atoms with Crippen molar-refractivity contribution in [2.24, 2.45) is 0 Å². The van der Waals surface area contributed by atoms with Crippen LogP contribution in [0.3, 0.4) is 0 Å². The first kappa shape index (κ1) is 16.7. The molecule has 0 aliphatic carbocycles. The lowest BCUT2D eigenvalue weighted by molar-refractivity contribution is -0.115. The predicted molar refractivity (Wildman–Crippen MR) is 91.2 cm³/mol. The molecule has 0 unspecified atom stereocenters. The minimum atomic E-state index is -0.170. The van der Waals surface area contributed by atoms with Gasteiger partial charge in [0.15, 0.2) is 0 Å². The zero-order chi connectivity index (χ0) is 16.5. The standard InChI is InChI=1S/C18H21N3O2/c1-2-19-13-17(22)21-16-10-6-9-15(11-16)18(23)20-12-14-7-4-3-5-8-14/h3-11,19H,2,12-13H2,1H3,(H,20,23)(H,21,22). The van der Waals surface area contributed by atoms with Gasteiger partial charge in [0, 0.05) is 17.8 Å². The van der Waals surface area contributed by atoms with Crippen molar-refractivity contribution in [1.82, 2.24) is 10.6 Å². The van der Waals surface area contributed by atoms with Gasteiger partial charge in [-0.1, -0.05) is 43.3 Å². The molecule has 0 saturated heterocycles. The molecule has 0 atom stereocenters. The first-order valence-corrected chi connectivity index (χ1v) is 7.62. The van der Waals surface area contributed by atoms with Crippen LogP contribution in [0.1, 0.15) is 22.8 Å². The highest BCUT2D eigenvalue weighted by Crippen LogP contribution is 2.11. The Labute approximate surface area is 136 Å². The summed E-state index contributed by atoms with van der Waals surface area (Å²) in [6.45, 7) is 3.39. The van der Waals surface area contributed by atoms with Crippen molar-refractivity contribution in [2.45, 2.75) is 13.5 Å². The van der Waals surface area contributed by atoms with E-state index >= 15 is 0 Å². The molecule has 120 valence electrons. The van der Waals surface area contributed by atoms with E-state index in [1.807, 2.05) is 37.3 Å². The monoisotopic (exact) mass is 311 g/mol. The lowest BCUT2D eigenvalue weighted by Crippen LogP contribution is -2.28. The maximum absolute atomic E-state index is 12.2. The Kier molecular flexibility index (Phi) is 6.32. The molecule has 2 amide bonds. The number of amides is 2. The summed E-state index contributed by atoms with van der Waals surface area (Å²) in [6, 6.07) is 16.6. The zero-order valence-corrected chi connectivity index (χ0v) is 13.1. The van der Waals surface area contributed by atoms with Gasteiger partial charge in [-0.05, 0) is 30.3 Å². The number of carbonyl (C=O) groups excluding carboxylic acids is 2. The van der Waals surface area contributed by atoms with E-state index in [9.17, 15) is 9.59 Å². The molecule has 0 fully saturated rings. The molecule has 0 radical (unpaired) electrons. The second-order valence-corrected chi connectivity index (χ2v) is 5.08. The number of rotatable bonds is 7. The van der Waals surface area contributed by atoms with Gasteiger partial charge in [0.05, 0.1) is 6.54 Å². The van der Waals surface area contributed by atoms with Gasteiger partial charge in [0.2, 0.25) is 5.91 Å². The van der Waals surface area contributed by atoms with Crippen LogP contribution >= 0.6 is 0 Å². The molecular weight excluding hydrogens is 290 g/mol. The molecule has 2 rings (SSSR count). The second kappa shape index (κ2) is 8.70. The zero-order valence-electron chi connectivity index (χ0n) is 13.1. The molecule has 0 aliphatic heterocycles. The smallest absolute Gasteiger partial charge is 0.251 e. The van der Waals surface area contributed by atoms with E-state index in [0.29, 0.717) is 17.8 Å². The fourth-order valence-electron chi connectivity index (χ4n) is 2.06. The molecule has 0 heterocycles. The van der Waals surface area contributed by atoms with Crippen molar-refractivity contribution in [1.29, 1.82) is 0 Å². The van der Waals surface area contributed by atoms with Crippen molar-refractivity contribution < 1.29 is 9.59 Å². The first-order valence-electron chi connectivity index (χ1n) is 7.62. The van der Waals surface area contributed by atoms with Gasteiger partial charge < -0.3 is 16.0 Å². The molecule has 0 bridgehead atoms. The van der Waals surface area contributed by atoms with Gasteiger partial charge in [-0.15, -0.1) is 0 Å². The van der Waals surface area contributed by atoms with Crippen LogP contribution in [0.2, 0.25) is 0 Å². The van der Waals surface area contributed by atoms with Crippen LogP contribution in [0.4, 0.5) is 5.69 Å². The fourth-order valence-corrected chi connectivity index (χ4v) is 2.06. The minimum absolute atomic E-state index is 0.131. The van der Waals surface area contributed by atoms with Gasteiger partial charge in [0.1, 0.15) is 0 Å². The second-order valence-electron chi connectivity index (χ2n) is 5.08. The van der Waals surface area contributed by atoms with E-state index in [-0.39, 0.29) is 18.4 Å². The van der Waals surface area contributed by atoms with E-state index in [1.54, 1.807) is 24.3 Å². The number of carbonyl (C=O) groups is 2.